The smallest absolute Gasteiger partial charge is 0.408 e. The zero-order valence-corrected chi connectivity index (χ0v) is 19.0. The third-order valence-electron chi connectivity index (χ3n) is 6.41. The first kappa shape index (κ1) is 23.3. The van der Waals surface area contributed by atoms with Crippen molar-refractivity contribution in [2.75, 3.05) is 0 Å². The second-order valence-electron chi connectivity index (χ2n) is 9.04. The normalized spacial score (nSPS) is 19.3. The molecule has 1 aromatic heterocycles. The lowest BCUT2D eigenvalue weighted by Gasteiger charge is -2.27. The lowest BCUT2D eigenvalue weighted by atomic mass is 9.98. The van der Waals surface area contributed by atoms with E-state index in [1.165, 1.54) is 0 Å². The Balaban J connectivity index is 1.40. The van der Waals surface area contributed by atoms with Gasteiger partial charge in [0.05, 0.1) is 30.1 Å². The quantitative estimate of drug-likeness (QED) is 0.475. The van der Waals surface area contributed by atoms with E-state index < -0.39 is 11.8 Å². The van der Waals surface area contributed by atoms with Gasteiger partial charge in [-0.2, -0.15) is 5.26 Å². The van der Waals surface area contributed by atoms with Crippen LogP contribution < -0.4 is 16.4 Å². The molecule has 3 aromatic rings. The van der Waals surface area contributed by atoms with Gasteiger partial charge < -0.3 is 15.1 Å². The van der Waals surface area contributed by atoms with Crippen molar-refractivity contribution in [3.63, 3.8) is 0 Å². The van der Waals surface area contributed by atoms with E-state index in [4.69, 9.17) is 9.68 Å². The highest BCUT2D eigenvalue weighted by molar-refractivity contribution is 5.81. The fourth-order valence-corrected chi connectivity index (χ4v) is 4.71. The number of nitrogens with zero attached hydrogens (tertiary/aromatic N) is 1. The zero-order valence-electron chi connectivity index (χ0n) is 19.0. The number of H-pyrrole nitrogens is 1. The average Bonchev–Trinajstić information content (AvgIpc) is 3.42. The van der Waals surface area contributed by atoms with Gasteiger partial charge in [0.25, 0.3) is 0 Å². The van der Waals surface area contributed by atoms with Gasteiger partial charge in [-0.15, -0.1) is 0 Å². The molecule has 1 fully saturated rings. The largest absolute Gasteiger partial charge is 0.417 e. The predicted molar refractivity (Wildman–Crippen MR) is 127 cm³/mol. The molecule has 2 aromatic carbocycles. The number of benzene rings is 2. The maximum absolute atomic E-state index is 12.8. The molecule has 4 rings (SSSR count). The van der Waals surface area contributed by atoms with Crippen molar-refractivity contribution >= 4 is 22.9 Å². The minimum atomic E-state index is -0.535. The van der Waals surface area contributed by atoms with Crippen molar-refractivity contribution in [1.82, 2.24) is 15.6 Å². The molecule has 34 heavy (non-hydrogen) atoms. The summed E-state index contributed by atoms with van der Waals surface area (Å²) in [6, 6.07) is 16.2. The third-order valence-corrected chi connectivity index (χ3v) is 6.41. The second kappa shape index (κ2) is 10.4. The van der Waals surface area contributed by atoms with E-state index in [9.17, 15) is 14.4 Å². The number of hydrogen-bond donors (Lipinski definition) is 3. The van der Waals surface area contributed by atoms with Crippen LogP contribution in [0.4, 0.5) is 0 Å². The number of oxazole rings is 1. The molecular formula is C26H28N4O4. The van der Waals surface area contributed by atoms with E-state index >= 15 is 0 Å². The number of fused-ring (bicyclic) bond motifs is 1. The van der Waals surface area contributed by atoms with Gasteiger partial charge in [-0.25, -0.2) is 4.79 Å². The minimum absolute atomic E-state index is 0.0417. The molecule has 8 heteroatoms. The number of nitriles is 1. The van der Waals surface area contributed by atoms with E-state index in [-0.39, 0.29) is 36.1 Å². The number of carbonyl (C=O) groups excluding carboxylic acids is 2. The van der Waals surface area contributed by atoms with Crippen molar-refractivity contribution in [2.45, 2.75) is 51.1 Å². The van der Waals surface area contributed by atoms with Crippen LogP contribution in [0.25, 0.3) is 11.1 Å². The van der Waals surface area contributed by atoms with Crippen LogP contribution in [0.15, 0.2) is 57.7 Å². The summed E-state index contributed by atoms with van der Waals surface area (Å²) in [7, 11) is 0. The summed E-state index contributed by atoms with van der Waals surface area (Å²) in [5.74, 6) is -0.545. The molecule has 3 N–H and O–H groups in total. The van der Waals surface area contributed by atoms with E-state index in [0.29, 0.717) is 17.5 Å². The third kappa shape index (κ3) is 5.73. The Hall–Kier alpha value is -3.86. The number of carbonyl (C=O) groups is 2. The van der Waals surface area contributed by atoms with Crippen LogP contribution >= 0.6 is 0 Å². The van der Waals surface area contributed by atoms with Crippen LogP contribution in [-0.2, 0) is 16.0 Å². The molecular weight excluding hydrogens is 432 g/mol. The van der Waals surface area contributed by atoms with Gasteiger partial charge in [0.2, 0.25) is 11.8 Å². The standard InChI is InChI=1S/C26H28N4O4/c1-16(28-23(31)14-18-9-10-22-21(12-18)29-26(33)34-22)25(20-5-3-2-4-6-20)30-24(32)13-17-7-8-19(11-17)15-27/h2-6,9-10,12,16-17,19,25H,7-8,11,13-14H2,1H3,(H,28,31)(H,29,33)(H,30,32). The molecule has 0 aliphatic heterocycles. The van der Waals surface area contributed by atoms with Gasteiger partial charge in [0, 0.05) is 12.3 Å². The van der Waals surface area contributed by atoms with Gasteiger partial charge >= 0.3 is 5.76 Å². The number of hydrogen-bond acceptors (Lipinski definition) is 5. The second-order valence-corrected chi connectivity index (χ2v) is 9.04. The Labute approximate surface area is 197 Å². The zero-order chi connectivity index (χ0) is 24.1. The first-order valence-corrected chi connectivity index (χ1v) is 11.6. The van der Waals surface area contributed by atoms with E-state index in [2.05, 4.69) is 21.7 Å². The first-order chi connectivity index (χ1) is 16.4. The van der Waals surface area contributed by atoms with E-state index in [1.54, 1.807) is 18.2 Å². The summed E-state index contributed by atoms with van der Waals surface area (Å²) in [5.41, 5.74) is 2.63. The molecule has 0 spiro atoms. The average molecular weight is 461 g/mol. The van der Waals surface area contributed by atoms with E-state index in [1.807, 2.05) is 37.3 Å². The number of amides is 2. The summed E-state index contributed by atoms with van der Waals surface area (Å²) in [5, 5.41) is 15.2. The fourth-order valence-electron chi connectivity index (χ4n) is 4.71. The lowest BCUT2D eigenvalue weighted by molar-refractivity contribution is -0.124. The van der Waals surface area contributed by atoms with Crippen molar-refractivity contribution < 1.29 is 14.0 Å². The van der Waals surface area contributed by atoms with Crippen LogP contribution in [0.3, 0.4) is 0 Å². The minimum Gasteiger partial charge on any atom is -0.408 e. The van der Waals surface area contributed by atoms with Gasteiger partial charge in [-0.3, -0.25) is 14.6 Å². The van der Waals surface area contributed by atoms with Gasteiger partial charge in [0.1, 0.15) is 0 Å². The molecule has 4 atom stereocenters. The van der Waals surface area contributed by atoms with Crippen molar-refractivity contribution in [1.29, 1.82) is 5.26 Å². The summed E-state index contributed by atoms with van der Waals surface area (Å²) >= 11 is 0. The SMILES string of the molecule is CC(NC(=O)Cc1ccc2oc(=O)[nH]c2c1)C(NC(=O)CC1CCC(C#N)C1)c1ccccc1. The molecule has 2 amide bonds. The Morgan fingerprint density at radius 3 is 2.68 bits per heavy atom. The van der Waals surface area contributed by atoms with E-state index in [0.717, 1.165) is 30.4 Å². The number of rotatable bonds is 8. The molecule has 8 nitrogen and oxygen atoms in total. The highest BCUT2D eigenvalue weighted by Crippen LogP contribution is 2.32. The van der Waals surface area contributed by atoms with Crippen molar-refractivity contribution in [3.05, 3.63) is 70.2 Å². The molecule has 1 aliphatic carbocycles. The Morgan fingerprint density at radius 1 is 1.15 bits per heavy atom. The molecule has 176 valence electrons. The molecule has 0 saturated heterocycles. The maximum Gasteiger partial charge on any atom is 0.417 e. The van der Waals surface area contributed by atoms with Gasteiger partial charge in [-0.1, -0.05) is 36.4 Å². The number of nitrogens with one attached hydrogen (secondary N) is 3. The number of aromatic nitrogens is 1. The summed E-state index contributed by atoms with van der Waals surface area (Å²) < 4.78 is 5.00. The van der Waals surface area contributed by atoms with Crippen LogP contribution in [0.2, 0.25) is 0 Å². The topological polar surface area (TPSA) is 128 Å². The summed E-state index contributed by atoms with van der Waals surface area (Å²) in [6.07, 6.45) is 3.01. The first-order valence-electron chi connectivity index (χ1n) is 11.6. The van der Waals surface area contributed by atoms with Crippen molar-refractivity contribution in [2.24, 2.45) is 11.8 Å². The summed E-state index contributed by atoms with van der Waals surface area (Å²) in [4.78, 5) is 39.6. The molecule has 0 radical (unpaired) electrons. The molecule has 1 heterocycles. The number of aromatic amines is 1. The monoisotopic (exact) mass is 460 g/mol. The lowest BCUT2D eigenvalue weighted by Crippen LogP contribution is -2.45. The molecule has 1 saturated carbocycles. The van der Waals surface area contributed by atoms with Crippen molar-refractivity contribution in [3.8, 4) is 6.07 Å². The van der Waals surface area contributed by atoms with Crippen LogP contribution in [0.5, 0.6) is 0 Å². The highest BCUT2D eigenvalue weighted by Gasteiger charge is 2.28. The maximum atomic E-state index is 12.8. The summed E-state index contributed by atoms with van der Waals surface area (Å²) in [6.45, 7) is 1.87. The highest BCUT2D eigenvalue weighted by atomic mass is 16.4. The molecule has 0 bridgehead atoms. The molecule has 1 aliphatic rings. The van der Waals surface area contributed by atoms with Gasteiger partial charge in [0.15, 0.2) is 5.58 Å². The van der Waals surface area contributed by atoms with Crippen LogP contribution in [-0.4, -0.2) is 22.8 Å². The predicted octanol–water partition coefficient (Wildman–Crippen LogP) is 3.36. The van der Waals surface area contributed by atoms with Crippen LogP contribution in [0.1, 0.15) is 49.8 Å². The Kier molecular flexibility index (Phi) is 7.12. The fraction of sp³-hybridized carbons (Fsp3) is 0.385. The Bertz CT molecular complexity index is 1260. The van der Waals surface area contributed by atoms with Crippen LogP contribution in [0, 0.1) is 23.2 Å². The van der Waals surface area contributed by atoms with Gasteiger partial charge in [-0.05, 0) is 55.4 Å². The Morgan fingerprint density at radius 2 is 1.94 bits per heavy atom. The molecule has 4 unspecified atom stereocenters.